The van der Waals surface area contributed by atoms with Gasteiger partial charge in [-0.15, -0.1) is 0 Å². The number of halogens is 3. The Bertz CT molecular complexity index is 1850. The number of hydrazine groups is 1. The summed E-state index contributed by atoms with van der Waals surface area (Å²) in [4.78, 5) is 55.8. The fraction of sp³-hybridized carbons (Fsp3) is 0.273. The van der Waals surface area contributed by atoms with Gasteiger partial charge in [-0.1, -0.05) is 35.4 Å². The lowest BCUT2D eigenvalue weighted by Crippen LogP contribution is -2.53. The second-order valence-corrected chi connectivity index (χ2v) is 13.2. The Morgan fingerprint density at radius 1 is 1.00 bits per heavy atom. The van der Waals surface area contributed by atoms with Crippen molar-refractivity contribution < 1.29 is 38.6 Å². The summed E-state index contributed by atoms with van der Waals surface area (Å²) in [5.41, 5.74) is 3.19. The highest BCUT2D eigenvalue weighted by Crippen LogP contribution is 2.64. The van der Waals surface area contributed by atoms with Crippen molar-refractivity contribution in [2.75, 3.05) is 12.5 Å². The number of aromatic hydroxyl groups is 1. The number of fused-ring (bicyclic) bond motifs is 4. The first kappa shape index (κ1) is 30.4. The molecule has 3 fully saturated rings. The van der Waals surface area contributed by atoms with Gasteiger partial charge in [0.1, 0.15) is 5.82 Å². The molecule has 10 nitrogen and oxygen atoms in total. The Kier molecular flexibility index (Phi) is 7.22. The molecule has 0 spiro atoms. The number of methoxy groups -OCH3 is 1. The first-order chi connectivity index (χ1) is 22.0. The lowest BCUT2D eigenvalue weighted by molar-refractivity contribution is -0.173. The van der Waals surface area contributed by atoms with Crippen molar-refractivity contribution in [3.63, 3.8) is 0 Å². The van der Waals surface area contributed by atoms with Gasteiger partial charge in [0.2, 0.25) is 0 Å². The topological polar surface area (TPSA) is 136 Å². The highest BCUT2D eigenvalue weighted by atomic mass is 79.9. The molecule has 2 heterocycles. The van der Waals surface area contributed by atoms with E-state index in [0.29, 0.717) is 27.4 Å². The van der Waals surface area contributed by atoms with E-state index in [9.17, 15) is 29.1 Å². The van der Waals surface area contributed by atoms with Crippen LogP contribution in [-0.2, 0) is 24.6 Å². The Morgan fingerprint density at radius 2 is 1.70 bits per heavy atom. The number of hydrogen-bond donors (Lipinski definition) is 3. The van der Waals surface area contributed by atoms with E-state index in [1.165, 1.54) is 31.4 Å². The highest BCUT2D eigenvalue weighted by molar-refractivity contribution is 9.10. The summed E-state index contributed by atoms with van der Waals surface area (Å²) in [6.45, 7) is 0. The average Bonchev–Trinajstić information content (AvgIpc) is 3.40. The van der Waals surface area contributed by atoms with E-state index in [0.717, 1.165) is 5.01 Å². The first-order valence-corrected chi connectivity index (χ1v) is 15.7. The number of phenols is 1. The predicted molar refractivity (Wildman–Crippen MR) is 165 cm³/mol. The smallest absolute Gasteiger partial charge is 0.260 e. The van der Waals surface area contributed by atoms with Gasteiger partial charge in [-0.2, -0.15) is 10.1 Å². The maximum absolute atomic E-state index is 15.0. The van der Waals surface area contributed by atoms with Crippen LogP contribution < -0.4 is 10.2 Å². The van der Waals surface area contributed by atoms with E-state index in [1.807, 2.05) is 6.08 Å². The monoisotopic (exact) mass is 709 g/mol. The SMILES string of the molecule is COc1cc(C2C3=CCC4C(=O)N(O)C(=O)C4C3CC3C(=O)N(Nc4ccc(F)cc4)C(=O)C32c2ccc(Cl)cc2)cc(Br)c1O. The number of anilines is 1. The number of phenolic OH excluding ortho intramolecular Hbond substituents is 1. The minimum atomic E-state index is -1.60. The molecule has 0 aromatic heterocycles. The molecule has 3 N–H and O–H groups in total. The van der Waals surface area contributed by atoms with Gasteiger partial charge in [0.15, 0.2) is 11.5 Å². The number of allylic oxidation sites excluding steroid dienone is 2. The van der Waals surface area contributed by atoms with Crippen LogP contribution in [0.15, 0.2) is 76.8 Å². The van der Waals surface area contributed by atoms with Crippen LogP contribution in [0.25, 0.3) is 0 Å². The van der Waals surface area contributed by atoms with Gasteiger partial charge in [-0.25, -0.2) is 4.39 Å². The number of hydrogen-bond acceptors (Lipinski definition) is 8. The number of rotatable bonds is 5. The highest BCUT2D eigenvalue weighted by Gasteiger charge is 2.70. The standard InChI is InChI=1S/C33H26BrClFN3O7/c1-46-25-13-15(12-24(34)28(25)40)27-20-10-11-21-26(31(43)39(45)29(21)41)22(20)14-23-30(42)38(37-19-8-6-18(36)7-9-19)32(44)33(23,27)16-2-4-17(35)5-3-16/h2-10,12-13,21-23,26-27,37,40,45H,11,14H2,1H3. The van der Waals surface area contributed by atoms with Crippen LogP contribution in [0.1, 0.15) is 29.9 Å². The van der Waals surface area contributed by atoms with Gasteiger partial charge < -0.3 is 9.84 Å². The first-order valence-electron chi connectivity index (χ1n) is 14.5. The van der Waals surface area contributed by atoms with Crippen LogP contribution in [0.4, 0.5) is 10.1 Å². The number of ether oxygens (including phenoxy) is 1. The summed E-state index contributed by atoms with van der Waals surface area (Å²) < 4.78 is 19.5. The summed E-state index contributed by atoms with van der Waals surface area (Å²) in [6.07, 6.45) is 1.98. The minimum absolute atomic E-state index is 0.0154. The number of nitrogens with one attached hydrogen (secondary N) is 1. The molecule has 0 radical (unpaired) electrons. The Labute approximate surface area is 275 Å². The number of imide groups is 2. The van der Waals surface area contributed by atoms with Gasteiger partial charge in [0.25, 0.3) is 23.6 Å². The number of carbonyl (C=O) groups is 4. The zero-order chi connectivity index (χ0) is 32.7. The minimum Gasteiger partial charge on any atom is -0.503 e. The zero-order valence-corrected chi connectivity index (χ0v) is 26.5. The Hall–Kier alpha value is -4.26. The molecule has 236 valence electrons. The molecule has 4 amide bonds. The molecule has 3 aromatic rings. The van der Waals surface area contributed by atoms with Gasteiger partial charge in [0, 0.05) is 10.9 Å². The molecule has 2 aliphatic carbocycles. The van der Waals surface area contributed by atoms with Crippen LogP contribution in [0.5, 0.6) is 11.5 Å². The lowest BCUT2D eigenvalue weighted by Gasteiger charge is -2.50. The fourth-order valence-electron chi connectivity index (χ4n) is 7.93. The summed E-state index contributed by atoms with van der Waals surface area (Å²) in [5.74, 6) is -7.64. The van der Waals surface area contributed by atoms with Gasteiger partial charge in [0.05, 0.1) is 40.4 Å². The van der Waals surface area contributed by atoms with Gasteiger partial charge >= 0.3 is 0 Å². The third kappa shape index (κ3) is 4.23. The number of carbonyl (C=O) groups excluding carboxylic acids is 4. The number of benzene rings is 3. The predicted octanol–water partition coefficient (Wildman–Crippen LogP) is 5.33. The molecular weight excluding hydrogens is 685 g/mol. The molecule has 6 atom stereocenters. The number of hydroxylamine groups is 2. The van der Waals surface area contributed by atoms with Crippen molar-refractivity contribution >= 4 is 56.8 Å². The number of amides is 4. The van der Waals surface area contributed by atoms with Crippen molar-refractivity contribution in [2.24, 2.45) is 23.7 Å². The van der Waals surface area contributed by atoms with Crippen molar-refractivity contribution in [3.05, 3.63) is 98.8 Å². The molecule has 6 unspecified atom stereocenters. The molecule has 2 saturated heterocycles. The molecular formula is C33H26BrClFN3O7. The molecule has 46 heavy (non-hydrogen) atoms. The molecule has 1 saturated carbocycles. The fourth-order valence-corrected chi connectivity index (χ4v) is 8.52. The third-order valence-corrected chi connectivity index (χ3v) is 10.7. The largest absolute Gasteiger partial charge is 0.503 e. The average molecular weight is 711 g/mol. The van der Waals surface area contributed by atoms with Gasteiger partial charge in [-0.05, 0) is 94.3 Å². The van der Waals surface area contributed by atoms with Crippen molar-refractivity contribution in [1.29, 1.82) is 0 Å². The maximum atomic E-state index is 15.0. The van der Waals surface area contributed by atoms with Crippen LogP contribution in [0.3, 0.4) is 0 Å². The summed E-state index contributed by atoms with van der Waals surface area (Å²) in [5, 5.41) is 22.6. The second kappa shape index (κ2) is 10.9. The Balaban J connectivity index is 1.50. The molecule has 4 aliphatic rings. The van der Waals surface area contributed by atoms with Gasteiger partial charge in [-0.3, -0.25) is 29.8 Å². The molecule has 0 bridgehead atoms. The maximum Gasteiger partial charge on any atom is 0.260 e. The molecule has 3 aromatic carbocycles. The van der Waals surface area contributed by atoms with Crippen molar-refractivity contribution in [3.8, 4) is 11.5 Å². The van der Waals surface area contributed by atoms with Crippen LogP contribution in [0.2, 0.25) is 5.02 Å². The van der Waals surface area contributed by atoms with Crippen molar-refractivity contribution in [2.45, 2.75) is 24.2 Å². The number of nitrogens with zero attached hydrogens (tertiary/aromatic N) is 2. The summed E-state index contributed by atoms with van der Waals surface area (Å²) >= 11 is 9.68. The van der Waals surface area contributed by atoms with E-state index in [1.54, 1.807) is 36.4 Å². The third-order valence-electron chi connectivity index (χ3n) is 9.84. The molecule has 13 heteroatoms. The van der Waals surface area contributed by atoms with E-state index in [-0.39, 0.29) is 33.9 Å². The van der Waals surface area contributed by atoms with Crippen LogP contribution in [-0.4, -0.2) is 51.1 Å². The van der Waals surface area contributed by atoms with E-state index < -0.39 is 64.5 Å². The van der Waals surface area contributed by atoms with E-state index in [4.69, 9.17) is 16.3 Å². The lowest BCUT2D eigenvalue weighted by atomic mass is 9.49. The molecule has 7 rings (SSSR count). The van der Waals surface area contributed by atoms with E-state index in [2.05, 4.69) is 21.4 Å². The van der Waals surface area contributed by atoms with Crippen LogP contribution in [0, 0.1) is 29.5 Å². The van der Waals surface area contributed by atoms with Crippen molar-refractivity contribution in [1.82, 2.24) is 10.1 Å². The van der Waals surface area contributed by atoms with E-state index >= 15 is 4.79 Å². The molecule has 2 aliphatic heterocycles. The normalized spacial score (nSPS) is 28.5. The Morgan fingerprint density at radius 3 is 2.37 bits per heavy atom. The van der Waals surface area contributed by atoms with Crippen LogP contribution >= 0.6 is 27.5 Å². The zero-order valence-electron chi connectivity index (χ0n) is 24.1. The second-order valence-electron chi connectivity index (χ2n) is 11.9. The summed E-state index contributed by atoms with van der Waals surface area (Å²) in [7, 11) is 1.38. The quantitative estimate of drug-likeness (QED) is 0.184. The summed E-state index contributed by atoms with van der Waals surface area (Å²) in [6, 6.07) is 15.0.